The lowest BCUT2D eigenvalue weighted by Gasteiger charge is -2.20. The molecular weight excluding hydrogens is 208 g/mol. The molecule has 2 bridgehead atoms. The Labute approximate surface area is 93.5 Å². The molecule has 5 heteroatoms. The molecule has 4 nitrogen and oxygen atoms in total. The van der Waals surface area contributed by atoms with Crippen molar-refractivity contribution in [1.82, 2.24) is 10.2 Å². The van der Waals surface area contributed by atoms with Crippen molar-refractivity contribution < 1.29 is 0 Å². The van der Waals surface area contributed by atoms with Crippen molar-refractivity contribution in [1.29, 1.82) is 0 Å². The molecule has 2 N–H and O–H groups in total. The highest BCUT2D eigenvalue weighted by Crippen LogP contribution is 2.36. The van der Waals surface area contributed by atoms with Crippen LogP contribution in [0.5, 0.6) is 0 Å². The van der Waals surface area contributed by atoms with Crippen LogP contribution in [0.4, 0.5) is 10.3 Å². The minimum Gasteiger partial charge on any atom is -0.374 e. The van der Waals surface area contributed by atoms with Crippen LogP contribution < -0.4 is 10.6 Å². The van der Waals surface area contributed by atoms with E-state index in [4.69, 9.17) is 5.73 Å². The molecule has 1 aromatic rings. The summed E-state index contributed by atoms with van der Waals surface area (Å²) in [7, 11) is 0. The van der Waals surface area contributed by atoms with Gasteiger partial charge >= 0.3 is 0 Å². The van der Waals surface area contributed by atoms with Gasteiger partial charge in [0.1, 0.15) is 0 Å². The molecule has 2 aliphatic heterocycles. The zero-order valence-corrected chi connectivity index (χ0v) is 9.54. The third-order valence-electron chi connectivity index (χ3n) is 3.62. The summed E-state index contributed by atoms with van der Waals surface area (Å²) in [5, 5.41) is 9.65. The molecule has 0 radical (unpaired) electrons. The van der Waals surface area contributed by atoms with Gasteiger partial charge in [0.05, 0.1) is 0 Å². The van der Waals surface area contributed by atoms with Gasteiger partial charge in [0, 0.05) is 13.1 Å². The molecular formula is C10H16N4S. The van der Waals surface area contributed by atoms with Crippen molar-refractivity contribution >= 4 is 21.6 Å². The fraction of sp³-hybridized carbons (Fsp3) is 0.800. The number of nitrogens with zero attached hydrogens (tertiary/aromatic N) is 3. The summed E-state index contributed by atoms with van der Waals surface area (Å²) in [6.07, 6.45) is 5.59. The number of anilines is 2. The second-order valence-electron chi connectivity index (χ2n) is 4.71. The van der Waals surface area contributed by atoms with Crippen molar-refractivity contribution in [2.24, 2.45) is 11.8 Å². The average Bonchev–Trinajstić information content (AvgIpc) is 2.50. The Kier molecular flexibility index (Phi) is 2.27. The van der Waals surface area contributed by atoms with Crippen LogP contribution >= 0.6 is 11.3 Å². The number of fused-ring (bicyclic) bond motifs is 4. The van der Waals surface area contributed by atoms with E-state index >= 15 is 0 Å². The Morgan fingerprint density at radius 3 is 2.13 bits per heavy atom. The maximum Gasteiger partial charge on any atom is 0.210 e. The van der Waals surface area contributed by atoms with E-state index in [1.807, 2.05) is 0 Å². The highest BCUT2D eigenvalue weighted by molar-refractivity contribution is 7.18. The molecule has 3 heterocycles. The van der Waals surface area contributed by atoms with E-state index in [2.05, 4.69) is 15.1 Å². The minimum absolute atomic E-state index is 0.585. The fourth-order valence-corrected chi connectivity index (χ4v) is 3.43. The van der Waals surface area contributed by atoms with Crippen LogP contribution in [0.1, 0.15) is 25.7 Å². The van der Waals surface area contributed by atoms with E-state index in [1.165, 1.54) is 37.0 Å². The normalized spacial score (nSPS) is 30.5. The van der Waals surface area contributed by atoms with E-state index < -0.39 is 0 Å². The maximum absolute atomic E-state index is 5.63. The van der Waals surface area contributed by atoms with Crippen LogP contribution in [-0.4, -0.2) is 23.3 Å². The Bertz CT molecular complexity index is 329. The molecule has 1 aliphatic carbocycles. The van der Waals surface area contributed by atoms with Crippen molar-refractivity contribution in [2.75, 3.05) is 23.7 Å². The van der Waals surface area contributed by atoms with Crippen LogP contribution in [0.2, 0.25) is 0 Å². The molecule has 0 unspecified atom stereocenters. The van der Waals surface area contributed by atoms with Crippen LogP contribution in [0.15, 0.2) is 0 Å². The van der Waals surface area contributed by atoms with Crippen LogP contribution in [0.3, 0.4) is 0 Å². The molecule has 0 spiro atoms. The van der Waals surface area contributed by atoms with E-state index in [0.717, 1.165) is 30.1 Å². The van der Waals surface area contributed by atoms with Gasteiger partial charge in [-0.05, 0) is 37.5 Å². The third-order valence-corrected chi connectivity index (χ3v) is 4.44. The van der Waals surface area contributed by atoms with Crippen molar-refractivity contribution in [3.8, 4) is 0 Å². The molecule has 4 rings (SSSR count). The first-order chi connectivity index (χ1) is 7.31. The highest BCUT2D eigenvalue weighted by Gasteiger charge is 2.30. The maximum atomic E-state index is 5.63. The summed E-state index contributed by atoms with van der Waals surface area (Å²) >= 11 is 1.52. The van der Waals surface area contributed by atoms with Gasteiger partial charge in [-0.2, -0.15) is 0 Å². The number of aromatic nitrogens is 2. The van der Waals surface area contributed by atoms with Crippen LogP contribution in [0, 0.1) is 11.8 Å². The Morgan fingerprint density at radius 2 is 1.67 bits per heavy atom. The van der Waals surface area contributed by atoms with Crippen molar-refractivity contribution in [3.63, 3.8) is 0 Å². The van der Waals surface area contributed by atoms with Gasteiger partial charge in [0.15, 0.2) is 0 Å². The quantitative estimate of drug-likeness (QED) is 0.789. The lowest BCUT2D eigenvalue weighted by molar-refractivity contribution is 0.326. The number of hydrogen-bond donors (Lipinski definition) is 1. The number of nitrogens with two attached hydrogens (primary N) is 1. The van der Waals surface area contributed by atoms with Crippen molar-refractivity contribution in [2.45, 2.75) is 25.7 Å². The van der Waals surface area contributed by atoms with E-state index in [-0.39, 0.29) is 0 Å². The standard InChI is InChI=1S/C10H16N4S/c11-9-12-13-10(15-9)14-5-7-1-2-8(6-14)4-3-7/h7-8H,1-6H2,(H2,11,12). The van der Waals surface area contributed by atoms with E-state index in [9.17, 15) is 0 Å². The smallest absolute Gasteiger partial charge is 0.210 e. The van der Waals surface area contributed by atoms with E-state index in [0.29, 0.717) is 5.13 Å². The topological polar surface area (TPSA) is 55.0 Å². The first kappa shape index (κ1) is 9.39. The number of rotatable bonds is 1. The average molecular weight is 224 g/mol. The van der Waals surface area contributed by atoms with Gasteiger partial charge in [-0.15, -0.1) is 10.2 Å². The zero-order chi connectivity index (χ0) is 10.3. The molecule has 0 atom stereocenters. The second-order valence-corrected chi connectivity index (χ2v) is 5.70. The summed E-state index contributed by atoms with van der Waals surface area (Å²) in [4.78, 5) is 2.39. The van der Waals surface area contributed by atoms with Gasteiger partial charge in [-0.25, -0.2) is 0 Å². The summed E-state index contributed by atoms with van der Waals surface area (Å²) in [6.45, 7) is 2.32. The molecule has 15 heavy (non-hydrogen) atoms. The fourth-order valence-electron chi connectivity index (χ4n) is 2.80. The molecule has 3 fully saturated rings. The first-order valence-corrected chi connectivity index (χ1v) is 6.47. The molecule has 3 aliphatic rings. The molecule has 0 amide bonds. The molecule has 82 valence electrons. The Hall–Kier alpha value is -0.840. The van der Waals surface area contributed by atoms with Gasteiger partial charge in [-0.3, -0.25) is 0 Å². The Balaban J connectivity index is 1.82. The molecule has 2 saturated heterocycles. The van der Waals surface area contributed by atoms with Gasteiger partial charge in [-0.1, -0.05) is 11.3 Å². The van der Waals surface area contributed by atoms with Crippen LogP contribution in [-0.2, 0) is 0 Å². The van der Waals surface area contributed by atoms with Gasteiger partial charge in [0.25, 0.3) is 0 Å². The summed E-state index contributed by atoms with van der Waals surface area (Å²) in [5.41, 5.74) is 5.63. The predicted molar refractivity (Wildman–Crippen MR) is 62.0 cm³/mol. The first-order valence-electron chi connectivity index (χ1n) is 5.65. The zero-order valence-electron chi connectivity index (χ0n) is 8.72. The number of nitrogen functional groups attached to an aromatic ring is 1. The highest BCUT2D eigenvalue weighted by atomic mass is 32.1. The second kappa shape index (κ2) is 3.63. The minimum atomic E-state index is 0.585. The summed E-state index contributed by atoms with van der Waals surface area (Å²) in [5.74, 6) is 1.74. The Morgan fingerprint density at radius 1 is 1.07 bits per heavy atom. The van der Waals surface area contributed by atoms with Crippen LogP contribution in [0.25, 0.3) is 0 Å². The monoisotopic (exact) mass is 224 g/mol. The predicted octanol–water partition coefficient (Wildman–Crippen LogP) is 1.75. The SMILES string of the molecule is Nc1nnc(N2CC3CCC(CC3)C2)s1. The summed E-state index contributed by atoms with van der Waals surface area (Å²) < 4.78 is 0. The molecule has 1 aromatic heterocycles. The largest absolute Gasteiger partial charge is 0.374 e. The van der Waals surface area contributed by atoms with Gasteiger partial charge < -0.3 is 10.6 Å². The lowest BCUT2D eigenvalue weighted by Crippen LogP contribution is -2.27. The third kappa shape index (κ3) is 1.80. The van der Waals surface area contributed by atoms with E-state index in [1.54, 1.807) is 0 Å². The van der Waals surface area contributed by atoms with Crippen molar-refractivity contribution in [3.05, 3.63) is 0 Å². The lowest BCUT2D eigenvalue weighted by atomic mass is 9.84. The molecule has 1 saturated carbocycles. The summed E-state index contributed by atoms with van der Waals surface area (Å²) in [6, 6.07) is 0. The van der Waals surface area contributed by atoms with Gasteiger partial charge in [0.2, 0.25) is 10.3 Å². The molecule has 0 aromatic carbocycles. The number of hydrogen-bond acceptors (Lipinski definition) is 5.